The summed E-state index contributed by atoms with van der Waals surface area (Å²) in [4.78, 5) is 15.3. The lowest BCUT2D eigenvalue weighted by Gasteiger charge is -2.09. The molecule has 0 unspecified atom stereocenters. The minimum absolute atomic E-state index is 0.216. The van der Waals surface area contributed by atoms with E-state index in [1.165, 1.54) is 12.1 Å². The number of nitrogens with one attached hydrogen (secondary N) is 1. The molecule has 21 heavy (non-hydrogen) atoms. The number of aromatic carboxylic acids is 1. The molecule has 2 aromatic rings. The Morgan fingerprint density at radius 3 is 2.62 bits per heavy atom. The van der Waals surface area contributed by atoms with E-state index in [4.69, 9.17) is 9.84 Å². The zero-order chi connectivity index (χ0) is 15.2. The van der Waals surface area contributed by atoms with Crippen LogP contribution in [-0.2, 0) is 0 Å². The predicted octanol–water partition coefficient (Wildman–Crippen LogP) is 3.62. The number of anilines is 2. The number of aromatic nitrogens is 1. The molecular formula is C16H18N2O3. The van der Waals surface area contributed by atoms with E-state index >= 15 is 0 Å². The Bertz CT molecular complexity index is 624. The fourth-order valence-electron chi connectivity index (χ4n) is 1.86. The maximum absolute atomic E-state index is 11.0. The molecule has 0 aliphatic heterocycles. The highest BCUT2D eigenvalue weighted by Gasteiger charge is 2.07. The molecule has 1 aromatic heterocycles. The number of benzene rings is 1. The van der Waals surface area contributed by atoms with E-state index < -0.39 is 5.97 Å². The molecule has 2 N–H and O–H groups in total. The highest BCUT2D eigenvalue weighted by atomic mass is 16.5. The van der Waals surface area contributed by atoms with Crippen LogP contribution in [0.1, 0.15) is 29.4 Å². The summed E-state index contributed by atoms with van der Waals surface area (Å²) in [5.74, 6) is 0.354. The van der Waals surface area contributed by atoms with Gasteiger partial charge in [0.2, 0.25) is 0 Å². The van der Waals surface area contributed by atoms with E-state index in [9.17, 15) is 4.79 Å². The number of rotatable bonds is 6. The molecule has 0 saturated carbocycles. The zero-order valence-electron chi connectivity index (χ0n) is 12.1. The molecule has 0 spiro atoms. The number of carboxylic acid groups (broad SMARTS) is 1. The number of nitrogens with zero attached hydrogens (tertiary/aromatic N) is 1. The van der Waals surface area contributed by atoms with Crippen LogP contribution in [0, 0.1) is 6.92 Å². The van der Waals surface area contributed by atoms with Gasteiger partial charge in [0.05, 0.1) is 12.2 Å². The maximum Gasteiger partial charge on any atom is 0.335 e. The van der Waals surface area contributed by atoms with Gasteiger partial charge in [0.1, 0.15) is 11.6 Å². The Labute approximate surface area is 123 Å². The third-order valence-electron chi connectivity index (χ3n) is 2.80. The Morgan fingerprint density at radius 1 is 1.29 bits per heavy atom. The van der Waals surface area contributed by atoms with Gasteiger partial charge in [-0.25, -0.2) is 9.78 Å². The lowest BCUT2D eigenvalue weighted by molar-refractivity contribution is 0.0696. The second-order valence-corrected chi connectivity index (χ2v) is 4.69. The molecule has 0 aliphatic carbocycles. The molecule has 110 valence electrons. The van der Waals surface area contributed by atoms with Crippen LogP contribution < -0.4 is 10.1 Å². The van der Waals surface area contributed by atoms with Crippen LogP contribution in [-0.4, -0.2) is 22.7 Å². The van der Waals surface area contributed by atoms with Gasteiger partial charge in [-0.15, -0.1) is 0 Å². The van der Waals surface area contributed by atoms with Crippen molar-refractivity contribution in [2.24, 2.45) is 0 Å². The molecule has 2 rings (SSSR count). The fraction of sp³-hybridized carbons (Fsp3) is 0.250. The third-order valence-corrected chi connectivity index (χ3v) is 2.80. The summed E-state index contributed by atoms with van der Waals surface area (Å²) in [6.07, 6.45) is 0.963. The van der Waals surface area contributed by atoms with Crippen molar-refractivity contribution in [2.75, 3.05) is 11.9 Å². The summed E-state index contributed by atoms with van der Waals surface area (Å²) < 4.78 is 5.51. The van der Waals surface area contributed by atoms with E-state index in [2.05, 4.69) is 17.2 Å². The largest absolute Gasteiger partial charge is 0.494 e. The SMILES string of the molecule is CCCOc1ccc(Nc2cc(C(=O)O)cc(C)n2)cc1. The Hall–Kier alpha value is -2.56. The van der Waals surface area contributed by atoms with Crippen molar-refractivity contribution in [3.05, 3.63) is 47.7 Å². The lowest BCUT2D eigenvalue weighted by atomic mass is 10.2. The van der Waals surface area contributed by atoms with Gasteiger partial charge in [0, 0.05) is 11.4 Å². The van der Waals surface area contributed by atoms with Gasteiger partial charge in [-0.3, -0.25) is 0 Å². The van der Waals surface area contributed by atoms with Gasteiger partial charge in [0.15, 0.2) is 0 Å². The summed E-state index contributed by atoms with van der Waals surface area (Å²) in [6, 6.07) is 10.5. The van der Waals surface area contributed by atoms with Crippen molar-refractivity contribution in [3.63, 3.8) is 0 Å². The summed E-state index contributed by atoms with van der Waals surface area (Å²) in [7, 11) is 0. The van der Waals surface area contributed by atoms with Crippen molar-refractivity contribution >= 4 is 17.5 Å². The van der Waals surface area contributed by atoms with Crippen molar-refractivity contribution in [1.29, 1.82) is 0 Å². The average molecular weight is 286 g/mol. The minimum atomic E-state index is -0.966. The maximum atomic E-state index is 11.0. The molecule has 0 amide bonds. The van der Waals surface area contributed by atoms with Crippen LogP contribution in [0.25, 0.3) is 0 Å². The lowest BCUT2D eigenvalue weighted by Crippen LogP contribution is -2.02. The van der Waals surface area contributed by atoms with Gasteiger partial charge in [-0.1, -0.05) is 6.92 Å². The average Bonchev–Trinajstić information content (AvgIpc) is 2.46. The van der Waals surface area contributed by atoms with Crippen molar-refractivity contribution in [1.82, 2.24) is 4.98 Å². The molecule has 0 radical (unpaired) electrons. The molecule has 1 aromatic carbocycles. The second-order valence-electron chi connectivity index (χ2n) is 4.69. The third kappa shape index (κ3) is 4.21. The Morgan fingerprint density at radius 2 is 2.00 bits per heavy atom. The standard InChI is InChI=1S/C16H18N2O3/c1-3-8-21-14-6-4-13(5-7-14)18-15-10-12(16(19)20)9-11(2)17-15/h4-7,9-10H,3,8H2,1-2H3,(H,17,18)(H,19,20). The number of ether oxygens (including phenoxy) is 1. The first-order chi connectivity index (χ1) is 10.1. The number of carbonyl (C=O) groups is 1. The molecule has 0 saturated heterocycles. The smallest absolute Gasteiger partial charge is 0.335 e. The van der Waals surface area contributed by atoms with Crippen LogP contribution in [0.15, 0.2) is 36.4 Å². The normalized spacial score (nSPS) is 10.2. The number of pyridine rings is 1. The zero-order valence-corrected chi connectivity index (χ0v) is 12.1. The molecule has 5 nitrogen and oxygen atoms in total. The topological polar surface area (TPSA) is 71.5 Å². The quantitative estimate of drug-likeness (QED) is 0.848. The van der Waals surface area contributed by atoms with Crippen LogP contribution in [0.3, 0.4) is 0 Å². The summed E-state index contributed by atoms with van der Waals surface area (Å²) >= 11 is 0. The minimum Gasteiger partial charge on any atom is -0.494 e. The van der Waals surface area contributed by atoms with Gasteiger partial charge in [-0.05, 0) is 49.7 Å². The Balaban J connectivity index is 2.12. The van der Waals surface area contributed by atoms with Crippen molar-refractivity contribution < 1.29 is 14.6 Å². The first kappa shape index (κ1) is 14.8. The molecule has 1 heterocycles. The van der Waals surface area contributed by atoms with Gasteiger partial charge >= 0.3 is 5.97 Å². The van der Waals surface area contributed by atoms with E-state index in [1.54, 1.807) is 6.92 Å². The molecule has 0 aliphatic rings. The highest BCUT2D eigenvalue weighted by molar-refractivity contribution is 5.88. The van der Waals surface area contributed by atoms with Crippen LogP contribution in [0.5, 0.6) is 5.75 Å². The van der Waals surface area contributed by atoms with Crippen LogP contribution in [0.2, 0.25) is 0 Å². The van der Waals surface area contributed by atoms with Gasteiger partial charge < -0.3 is 15.2 Å². The van der Waals surface area contributed by atoms with Crippen LogP contribution in [0.4, 0.5) is 11.5 Å². The predicted molar refractivity (Wildman–Crippen MR) is 81.4 cm³/mol. The number of hydrogen-bond donors (Lipinski definition) is 2. The highest BCUT2D eigenvalue weighted by Crippen LogP contribution is 2.20. The summed E-state index contributed by atoms with van der Waals surface area (Å²) in [6.45, 7) is 4.51. The summed E-state index contributed by atoms with van der Waals surface area (Å²) in [5, 5.41) is 12.1. The number of hydrogen-bond acceptors (Lipinski definition) is 4. The second kappa shape index (κ2) is 6.74. The van der Waals surface area contributed by atoms with Crippen molar-refractivity contribution in [3.8, 4) is 5.75 Å². The molecular weight excluding hydrogens is 268 g/mol. The van der Waals surface area contributed by atoms with E-state index in [0.29, 0.717) is 18.1 Å². The van der Waals surface area contributed by atoms with Crippen molar-refractivity contribution in [2.45, 2.75) is 20.3 Å². The van der Waals surface area contributed by atoms with E-state index in [0.717, 1.165) is 17.9 Å². The van der Waals surface area contributed by atoms with Gasteiger partial charge in [-0.2, -0.15) is 0 Å². The van der Waals surface area contributed by atoms with Gasteiger partial charge in [0.25, 0.3) is 0 Å². The number of aryl methyl sites for hydroxylation is 1. The molecule has 5 heteroatoms. The summed E-state index contributed by atoms with van der Waals surface area (Å²) in [5.41, 5.74) is 1.70. The van der Waals surface area contributed by atoms with E-state index in [-0.39, 0.29) is 5.56 Å². The molecule has 0 bridgehead atoms. The first-order valence-corrected chi connectivity index (χ1v) is 6.80. The van der Waals surface area contributed by atoms with Crippen LogP contribution >= 0.6 is 0 Å². The molecule has 0 fully saturated rings. The Kier molecular flexibility index (Phi) is 4.77. The first-order valence-electron chi connectivity index (χ1n) is 6.80. The number of carboxylic acids is 1. The van der Waals surface area contributed by atoms with E-state index in [1.807, 2.05) is 24.3 Å². The fourth-order valence-corrected chi connectivity index (χ4v) is 1.86. The monoisotopic (exact) mass is 286 g/mol. The molecule has 0 atom stereocenters.